The molecule has 0 bridgehead atoms. The van der Waals surface area contributed by atoms with Crippen molar-refractivity contribution in [1.29, 1.82) is 0 Å². The van der Waals surface area contributed by atoms with Crippen molar-refractivity contribution < 1.29 is 9.72 Å². The van der Waals surface area contributed by atoms with E-state index >= 15 is 0 Å². The zero-order valence-electron chi connectivity index (χ0n) is 16.0. The van der Waals surface area contributed by atoms with Crippen LogP contribution in [0.5, 0.6) is 0 Å². The normalized spacial score (nSPS) is 10.6. The van der Waals surface area contributed by atoms with Gasteiger partial charge in [0, 0.05) is 34.5 Å². The summed E-state index contributed by atoms with van der Waals surface area (Å²) in [5.74, 6) is -0.333. The third-order valence-corrected chi connectivity index (χ3v) is 5.79. The number of non-ortho nitro benzene ring substituents is 1. The summed E-state index contributed by atoms with van der Waals surface area (Å²) >= 11 is 1.53. The zero-order valence-corrected chi connectivity index (χ0v) is 16.8. The minimum atomic E-state index is -0.491. The van der Waals surface area contributed by atoms with E-state index in [4.69, 9.17) is 0 Å². The first-order valence-corrected chi connectivity index (χ1v) is 10.0. The molecular weight excluding hydrogens is 398 g/mol. The number of rotatable bonds is 5. The summed E-state index contributed by atoms with van der Waals surface area (Å²) < 4.78 is 0. The smallest absolute Gasteiger partial charge is 0.271 e. The molecule has 148 valence electrons. The fraction of sp³-hybridized carbons (Fsp3) is 0.0435. The molecule has 1 amide bonds. The second kappa shape index (κ2) is 8.26. The number of nitro benzene ring substituents is 1. The van der Waals surface area contributed by atoms with E-state index in [1.165, 1.54) is 23.5 Å². The molecule has 0 radical (unpaired) electrons. The standard InChI is InChI=1S/C23H17N3O3S/c1-15-21(30-23(24-15)16-8-3-2-4-9-16)19-12-5-6-13-20(19)22(27)25-17-10-7-11-18(14-17)26(28)29/h2-14H,1H3,(H,25,27). The Morgan fingerprint density at radius 3 is 2.50 bits per heavy atom. The Morgan fingerprint density at radius 2 is 1.73 bits per heavy atom. The quantitative estimate of drug-likeness (QED) is 0.323. The van der Waals surface area contributed by atoms with Crippen molar-refractivity contribution in [2.45, 2.75) is 6.92 Å². The van der Waals surface area contributed by atoms with Crippen LogP contribution in [0.3, 0.4) is 0 Å². The van der Waals surface area contributed by atoms with Gasteiger partial charge in [0.1, 0.15) is 5.01 Å². The number of amides is 1. The predicted molar refractivity (Wildman–Crippen MR) is 119 cm³/mol. The Labute approximate surface area is 177 Å². The number of thiazole rings is 1. The largest absolute Gasteiger partial charge is 0.322 e. The summed E-state index contributed by atoms with van der Waals surface area (Å²) in [5.41, 5.74) is 3.42. The molecule has 0 aliphatic rings. The van der Waals surface area contributed by atoms with Crippen molar-refractivity contribution in [3.05, 3.63) is 100 Å². The van der Waals surface area contributed by atoms with Crippen LogP contribution >= 0.6 is 11.3 Å². The SMILES string of the molecule is Cc1nc(-c2ccccc2)sc1-c1ccccc1C(=O)Nc1cccc([N+](=O)[O-])c1. The summed E-state index contributed by atoms with van der Waals surface area (Å²) in [6.07, 6.45) is 0. The molecule has 0 aliphatic carbocycles. The molecule has 0 saturated heterocycles. The Balaban J connectivity index is 1.68. The number of hydrogen-bond donors (Lipinski definition) is 1. The monoisotopic (exact) mass is 415 g/mol. The summed E-state index contributed by atoms with van der Waals surface area (Å²) in [5, 5.41) is 14.6. The number of nitrogens with one attached hydrogen (secondary N) is 1. The highest BCUT2D eigenvalue weighted by atomic mass is 32.1. The van der Waals surface area contributed by atoms with Gasteiger partial charge in [-0.3, -0.25) is 14.9 Å². The van der Waals surface area contributed by atoms with Gasteiger partial charge in [-0.15, -0.1) is 11.3 Å². The van der Waals surface area contributed by atoms with E-state index in [2.05, 4.69) is 10.3 Å². The Hall–Kier alpha value is -3.84. The Bertz CT molecular complexity index is 1240. The number of anilines is 1. The van der Waals surface area contributed by atoms with Crippen molar-refractivity contribution in [2.75, 3.05) is 5.32 Å². The highest BCUT2D eigenvalue weighted by Crippen LogP contribution is 2.37. The third kappa shape index (κ3) is 3.97. The molecule has 0 spiro atoms. The second-order valence-electron chi connectivity index (χ2n) is 6.61. The minimum Gasteiger partial charge on any atom is -0.322 e. The Morgan fingerprint density at radius 1 is 1.00 bits per heavy atom. The molecule has 6 nitrogen and oxygen atoms in total. The maximum Gasteiger partial charge on any atom is 0.271 e. The van der Waals surface area contributed by atoms with Crippen LogP contribution in [-0.4, -0.2) is 15.8 Å². The Kier molecular flexibility index (Phi) is 5.36. The van der Waals surface area contributed by atoms with Crippen LogP contribution in [0.25, 0.3) is 21.0 Å². The third-order valence-electron chi connectivity index (χ3n) is 4.55. The van der Waals surface area contributed by atoms with Gasteiger partial charge in [-0.05, 0) is 19.1 Å². The van der Waals surface area contributed by atoms with Gasteiger partial charge < -0.3 is 5.32 Å². The van der Waals surface area contributed by atoms with Crippen LogP contribution in [0.15, 0.2) is 78.9 Å². The lowest BCUT2D eigenvalue weighted by atomic mass is 10.0. The summed E-state index contributed by atoms with van der Waals surface area (Å²) in [4.78, 5) is 29.1. The molecule has 0 saturated carbocycles. The number of hydrogen-bond acceptors (Lipinski definition) is 5. The van der Waals surface area contributed by atoms with Crippen LogP contribution in [0.4, 0.5) is 11.4 Å². The molecule has 0 aliphatic heterocycles. The van der Waals surface area contributed by atoms with Gasteiger partial charge in [0.2, 0.25) is 0 Å². The van der Waals surface area contributed by atoms with Gasteiger partial charge in [-0.25, -0.2) is 4.98 Å². The molecule has 30 heavy (non-hydrogen) atoms. The maximum absolute atomic E-state index is 13.0. The molecule has 1 N–H and O–H groups in total. The number of carbonyl (C=O) groups excluding carboxylic acids is 1. The van der Waals surface area contributed by atoms with Gasteiger partial charge >= 0.3 is 0 Å². The summed E-state index contributed by atoms with van der Waals surface area (Å²) in [6.45, 7) is 1.92. The molecule has 0 atom stereocenters. The lowest BCUT2D eigenvalue weighted by molar-refractivity contribution is -0.384. The lowest BCUT2D eigenvalue weighted by Crippen LogP contribution is -2.13. The molecule has 3 aromatic carbocycles. The molecule has 4 rings (SSSR count). The average Bonchev–Trinajstić information content (AvgIpc) is 3.16. The first-order chi connectivity index (χ1) is 14.5. The van der Waals surface area contributed by atoms with E-state index in [1.54, 1.807) is 24.3 Å². The van der Waals surface area contributed by atoms with Crippen LogP contribution < -0.4 is 5.32 Å². The molecule has 0 unspecified atom stereocenters. The molecule has 7 heteroatoms. The highest BCUT2D eigenvalue weighted by molar-refractivity contribution is 7.18. The summed E-state index contributed by atoms with van der Waals surface area (Å²) in [7, 11) is 0. The maximum atomic E-state index is 13.0. The van der Waals surface area contributed by atoms with E-state index in [0.29, 0.717) is 11.3 Å². The molecular formula is C23H17N3O3S. The van der Waals surface area contributed by atoms with E-state index in [1.807, 2.05) is 49.4 Å². The van der Waals surface area contributed by atoms with E-state index in [9.17, 15) is 14.9 Å². The fourth-order valence-electron chi connectivity index (χ4n) is 3.13. The number of nitrogens with zero attached hydrogens (tertiary/aromatic N) is 2. The van der Waals surface area contributed by atoms with Gasteiger partial charge in [-0.1, -0.05) is 54.6 Å². The number of aryl methyl sites for hydroxylation is 1. The molecule has 0 fully saturated rings. The van der Waals surface area contributed by atoms with Gasteiger partial charge in [0.15, 0.2) is 0 Å². The predicted octanol–water partition coefficient (Wildman–Crippen LogP) is 5.95. The first kappa shape index (κ1) is 19.5. The van der Waals surface area contributed by atoms with E-state index in [-0.39, 0.29) is 11.6 Å². The number of aromatic nitrogens is 1. The minimum absolute atomic E-state index is 0.0770. The highest BCUT2D eigenvalue weighted by Gasteiger charge is 2.18. The van der Waals surface area contributed by atoms with Crippen molar-refractivity contribution >= 4 is 28.6 Å². The van der Waals surface area contributed by atoms with Crippen molar-refractivity contribution in [3.63, 3.8) is 0 Å². The topological polar surface area (TPSA) is 85.1 Å². The molecule has 1 aromatic heterocycles. The van der Waals surface area contributed by atoms with Crippen LogP contribution in [0.2, 0.25) is 0 Å². The van der Waals surface area contributed by atoms with Crippen LogP contribution in [0, 0.1) is 17.0 Å². The number of carbonyl (C=O) groups is 1. The lowest BCUT2D eigenvalue weighted by Gasteiger charge is -2.09. The average molecular weight is 415 g/mol. The van der Waals surface area contributed by atoms with Gasteiger partial charge in [0.25, 0.3) is 11.6 Å². The summed E-state index contributed by atoms with van der Waals surface area (Å²) in [6, 6.07) is 23.1. The number of benzene rings is 3. The van der Waals surface area contributed by atoms with Gasteiger partial charge in [-0.2, -0.15) is 0 Å². The molecule has 1 heterocycles. The van der Waals surface area contributed by atoms with Crippen LogP contribution in [0.1, 0.15) is 16.1 Å². The fourth-order valence-corrected chi connectivity index (χ4v) is 4.24. The first-order valence-electron chi connectivity index (χ1n) is 9.21. The van der Waals surface area contributed by atoms with Crippen LogP contribution in [-0.2, 0) is 0 Å². The van der Waals surface area contributed by atoms with E-state index in [0.717, 1.165) is 26.7 Å². The number of nitro groups is 1. The molecule has 4 aromatic rings. The van der Waals surface area contributed by atoms with Gasteiger partial charge in [0.05, 0.1) is 15.5 Å². The van der Waals surface area contributed by atoms with Crippen molar-refractivity contribution in [2.24, 2.45) is 0 Å². The second-order valence-corrected chi connectivity index (χ2v) is 7.61. The van der Waals surface area contributed by atoms with Crippen molar-refractivity contribution in [3.8, 4) is 21.0 Å². The van der Waals surface area contributed by atoms with Crippen molar-refractivity contribution in [1.82, 2.24) is 4.98 Å². The van der Waals surface area contributed by atoms with E-state index < -0.39 is 4.92 Å². The zero-order chi connectivity index (χ0) is 21.1.